The van der Waals surface area contributed by atoms with Gasteiger partial charge in [-0.15, -0.1) is 13.2 Å². The second-order valence-corrected chi connectivity index (χ2v) is 4.78. The largest absolute Gasteiger partial charge is 0.573 e. The molecular formula is C15H11F6NO6. The standard InChI is InChI=1S/C15H11F6NO6/c1-26-11(23)6-10(13(25)27-2)22-9-4-3-7(28-15(19,20)21)5-8(9)12(24)14(16,17)18/h3-6,22H,1-2H3/b10-6+. The number of alkyl halides is 6. The molecule has 0 amide bonds. The van der Waals surface area contributed by atoms with Gasteiger partial charge in [-0.3, -0.25) is 4.79 Å². The Morgan fingerprint density at radius 3 is 2.07 bits per heavy atom. The van der Waals surface area contributed by atoms with Crippen molar-refractivity contribution >= 4 is 23.4 Å². The molecule has 7 nitrogen and oxygen atoms in total. The molecule has 0 saturated carbocycles. The predicted molar refractivity (Wildman–Crippen MR) is 79.2 cm³/mol. The summed E-state index contributed by atoms with van der Waals surface area (Å²) in [5.41, 5.74) is -2.78. The van der Waals surface area contributed by atoms with Crippen molar-refractivity contribution in [1.29, 1.82) is 0 Å². The molecule has 0 aromatic heterocycles. The summed E-state index contributed by atoms with van der Waals surface area (Å²) in [7, 11) is 1.83. The number of hydrogen-bond acceptors (Lipinski definition) is 7. The average Bonchev–Trinajstić information content (AvgIpc) is 2.58. The van der Waals surface area contributed by atoms with Gasteiger partial charge in [-0.1, -0.05) is 0 Å². The SMILES string of the molecule is COC(=O)/C=C(/Nc1ccc(OC(F)(F)F)cc1C(=O)C(F)(F)F)C(=O)OC. The molecule has 0 bridgehead atoms. The summed E-state index contributed by atoms with van der Waals surface area (Å²) >= 11 is 0. The smallest absolute Gasteiger partial charge is 0.466 e. The van der Waals surface area contributed by atoms with E-state index in [1.54, 1.807) is 0 Å². The van der Waals surface area contributed by atoms with E-state index in [4.69, 9.17) is 0 Å². The number of halogens is 6. The van der Waals surface area contributed by atoms with Crippen LogP contribution in [0.5, 0.6) is 5.75 Å². The van der Waals surface area contributed by atoms with Crippen LogP contribution in [0.15, 0.2) is 30.0 Å². The van der Waals surface area contributed by atoms with Crippen LogP contribution < -0.4 is 10.1 Å². The zero-order valence-electron chi connectivity index (χ0n) is 14.0. The van der Waals surface area contributed by atoms with Crippen molar-refractivity contribution in [2.24, 2.45) is 0 Å². The number of carbonyl (C=O) groups excluding carboxylic acids is 3. The summed E-state index contributed by atoms with van der Waals surface area (Å²) in [6.07, 6.45) is -10.2. The lowest BCUT2D eigenvalue weighted by molar-refractivity contribution is -0.274. The Labute approximate surface area is 152 Å². The van der Waals surface area contributed by atoms with Crippen LogP contribution in [0.2, 0.25) is 0 Å². The van der Waals surface area contributed by atoms with Gasteiger partial charge in [0.1, 0.15) is 11.4 Å². The fourth-order valence-electron chi connectivity index (χ4n) is 1.75. The van der Waals surface area contributed by atoms with Gasteiger partial charge in [0.25, 0.3) is 5.78 Å². The van der Waals surface area contributed by atoms with E-state index in [0.29, 0.717) is 18.2 Å². The van der Waals surface area contributed by atoms with Crippen LogP contribution in [0, 0.1) is 0 Å². The molecule has 0 aliphatic carbocycles. The molecule has 13 heteroatoms. The predicted octanol–water partition coefficient (Wildman–Crippen LogP) is 2.97. The Balaban J connectivity index is 3.46. The number of methoxy groups -OCH3 is 2. The van der Waals surface area contributed by atoms with Crippen molar-refractivity contribution in [2.75, 3.05) is 19.5 Å². The Morgan fingerprint density at radius 1 is 1.00 bits per heavy atom. The molecule has 0 aliphatic rings. The monoisotopic (exact) mass is 415 g/mol. The van der Waals surface area contributed by atoms with Crippen LogP contribution in [-0.2, 0) is 19.1 Å². The van der Waals surface area contributed by atoms with Crippen molar-refractivity contribution in [3.05, 3.63) is 35.5 Å². The third-order valence-corrected chi connectivity index (χ3v) is 2.86. The van der Waals surface area contributed by atoms with Crippen LogP contribution in [0.3, 0.4) is 0 Å². The minimum atomic E-state index is -5.45. The minimum Gasteiger partial charge on any atom is -0.466 e. The summed E-state index contributed by atoms with van der Waals surface area (Å²) in [6.45, 7) is 0. The number of ether oxygens (including phenoxy) is 3. The highest BCUT2D eigenvalue weighted by Gasteiger charge is 2.41. The first-order chi connectivity index (χ1) is 12.8. The molecule has 0 unspecified atom stereocenters. The average molecular weight is 415 g/mol. The van der Waals surface area contributed by atoms with Crippen LogP contribution in [0.1, 0.15) is 10.4 Å². The van der Waals surface area contributed by atoms with Crippen molar-refractivity contribution < 1.29 is 54.9 Å². The normalized spacial score (nSPS) is 12.2. The fourth-order valence-corrected chi connectivity index (χ4v) is 1.75. The van der Waals surface area contributed by atoms with E-state index in [9.17, 15) is 40.7 Å². The highest BCUT2D eigenvalue weighted by molar-refractivity contribution is 6.07. The number of ketones is 1. The van der Waals surface area contributed by atoms with Gasteiger partial charge in [0.2, 0.25) is 0 Å². The summed E-state index contributed by atoms with van der Waals surface area (Å²) in [4.78, 5) is 34.5. The lowest BCUT2D eigenvalue weighted by Gasteiger charge is -2.16. The maximum atomic E-state index is 12.8. The van der Waals surface area contributed by atoms with E-state index < -0.39 is 53.0 Å². The van der Waals surface area contributed by atoms with Crippen LogP contribution >= 0.6 is 0 Å². The van der Waals surface area contributed by atoms with Gasteiger partial charge in [-0.05, 0) is 18.2 Å². The molecule has 0 heterocycles. The van der Waals surface area contributed by atoms with Gasteiger partial charge in [-0.25, -0.2) is 9.59 Å². The van der Waals surface area contributed by atoms with Crippen LogP contribution in [0.25, 0.3) is 0 Å². The summed E-state index contributed by atoms with van der Waals surface area (Å²) in [5.74, 6) is -5.97. The number of nitrogens with one attached hydrogen (secondary N) is 1. The molecule has 1 aromatic carbocycles. The maximum Gasteiger partial charge on any atom is 0.573 e. The lowest BCUT2D eigenvalue weighted by atomic mass is 10.1. The number of hydrogen-bond donors (Lipinski definition) is 1. The van der Waals surface area contributed by atoms with Crippen LogP contribution in [0.4, 0.5) is 32.0 Å². The Morgan fingerprint density at radius 2 is 1.61 bits per heavy atom. The highest BCUT2D eigenvalue weighted by Crippen LogP contribution is 2.32. The lowest BCUT2D eigenvalue weighted by Crippen LogP contribution is -2.25. The molecule has 0 spiro atoms. The number of esters is 2. The number of carbonyl (C=O) groups is 3. The number of Topliss-reactive ketones (excluding diaryl/α,β-unsaturated/α-hetero) is 1. The first kappa shape index (κ1) is 22.8. The van der Waals surface area contributed by atoms with Crippen molar-refractivity contribution in [1.82, 2.24) is 0 Å². The summed E-state index contributed by atoms with van der Waals surface area (Å²) in [5, 5.41) is 2.03. The first-order valence-corrected chi connectivity index (χ1v) is 6.94. The summed E-state index contributed by atoms with van der Waals surface area (Å²) < 4.78 is 87.3. The molecule has 1 N–H and O–H groups in total. The Bertz CT molecular complexity index is 799. The van der Waals surface area contributed by atoms with Gasteiger partial charge >= 0.3 is 24.5 Å². The first-order valence-electron chi connectivity index (χ1n) is 6.94. The van der Waals surface area contributed by atoms with Gasteiger partial charge in [0, 0.05) is 0 Å². The Hall–Kier alpha value is -3.25. The molecule has 0 radical (unpaired) electrons. The second kappa shape index (κ2) is 8.63. The van der Waals surface area contributed by atoms with E-state index in [1.165, 1.54) is 0 Å². The van der Waals surface area contributed by atoms with E-state index in [0.717, 1.165) is 14.2 Å². The van der Waals surface area contributed by atoms with Crippen molar-refractivity contribution in [3.8, 4) is 5.75 Å². The van der Waals surface area contributed by atoms with Gasteiger partial charge in [-0.2, -0.15) is 13.2 Å². The second-order valence-electron chi connectivity index (χ2n) is 4.78. The molecule has 0 aliphatic heterocycles. The minimum absolute atomic E-state index is 0.179. The molecule has 1 aromatic rings. The molecule has 0 atom stereocenters. The third-order valence-electron chi connectivity index (χ3n) is 2.86. The van der Waals surface area contributed by atoms with Gasteiger partial charge in [0.15, 0.2) is 0 Å². The molecule has 0 saturated heterocycles. The summed E-state index contributed by atoms with van der Waals surface area (Å²) in [6, 6.07) is 1.39. The zero-order valence-corrected chi connectivity index (χ0v) is 14.0. The van der Waals surface area contributed by atoms with Crippen molar-refractivity contribution in [2.45, 2.75) is 12.5 Å². The maximum absolute atomic E-state index is 12.8. The number of rotatable bonds is 6. The van der Waals surface area contributed by atoms with E-state index >= 15 is 0 Å². The van der Waals surface area contributed by atoms with E-state index in [2.05, 4.69) is 14.2 Å². The van der Waals surface area contributed by atoms with Crippen molar-refractivity contribution in [3.63, 3.8) is 0 Å². The molecule has 0 fully saturated rings. The Kier molecular flexibility index (Phi) is 7.02. The van der Waals surface area contributed by atoms with Gasteiger partial charge in [0.05, 0.1) is 31.5 Å². The highest BCUT2D eigenvalue weighted by atomic mass is 19.4. The molecule has 28 heavy (non-hydrogen) atoms. The number of anilines is 1. The van der Waals surface area contributed by atoms with Crippen LogP contribution in [-0.4, -0.2) is 44.5 Å². The van der Waals surface area contributed by atoms with E-state index in [1.807, 2.05) is 5.32 Å². The third kappa shape index (κ3) is 6.48. The van der Waals surface area contributed by atoms with E-state index in [-0.39, 0.29) is 6.07 Å². The fraction of sp³-hybridized carbons (Fsp3) is 0.267. The quantitative estimate of drug-likeness (QED) is 0.331. The zero-order chi connectivity index (χ0) is 21.7. The molecule has 154 valence electrons. The topological polar surface area (TPSA) is 90.9 Å². The number of benzene rings is 1. The molecular weight excluding hydrogens is 404 g/mol. The van der Waals surface area contributed by atoms with Gasteiger partial charge < -0.3 is 19.5 Å². The molecule has 1 rings (SSSR count).